The van der Waals surface area contributed by atoms with Crippen molar-refractivity contribution in [3.05, 3.63) is 29.4 Å². The third kappa shape index (κ3) is 3.60. The maximum atomic E-state index is 12.1. The zero-order valence-electron chi connectivity index (χ0n) is 11.6. The quantitative estimate of drug-likeness (QED) is 0.765. The normalized spacial score (nSPS) is 12.1. The Bertz CT molecular complexity index is 557. The maximum Gasteiger partial charge on any atom is 0.352 e. The monoisotopic (exact) mass is 291 g/mol. The summed E-state index contributed by atoms with van der Waals surface area (Å²) in [4.78, 5) is 16.5. The third-order valence-corrected chi connectivity index (χ3v) is 3.86. The summed E-state index contributed by atoms with van der Waals surface area (Å²) in [7, 11) is 0. The molecule has 2 rings (SSSR count). The Morgan fingerprint density at radius 1 is 1.50 bits per heavy atom. The van der Waals surface area contributed by atoms with E-state index < -0.39 is 0 Å². The second-order valence-corrected chi connectivity index (χ2v) is 5.38. The molecule has 2 heterocycles. The number of pyridine rings is 1. The van der Waals surface area contributed by atoms with Crippen molar-refractivity contribution < 1.29 is 9.53 Å². The van der Waals surface area contributed by atoms with E-state index in [1.54, 1.807) is 18.5 Å². The van der Waals surface area contributed by atoms with Gasteiger partial charge in [-0.15, -0.1) is 5.10 Å². The molecule has 0 saturated heterocycles. The van der Waals surface area contributed by atoms with Crippen molar-refractivity contribution in [2.24, 2.45) is 5.92 Å². The summed E-state index contributed by atoms with van der Waals surface area (Å²) >= 11 is 1.05. The molecule has 0 unspecified atom stereocenters. The number of carbonyl (C=O) groups is 1. The summed E-state index contributed by atoms with van der Waals surface area (Å²) in [6.07, 6.45) is 5.29. The zero-order chi connectivity index (χ0) is 14.4. The van der Waals surface area contributed by atoms with Gasteiger partial charge in [-0.1, -0.05) is 24.8 Å². The van der Waals surface area contributed by atoms with Crippen molar-refractivity contribution in [1.29, 1.82) is 0 Å². The van der Waals surface area contributed by atoms with E-state index in [1.165, 1.54) is 0 Å². The first-order chi connectivity index (χ1) is 9.72. The first kappa shape index (κ1) is 14.6. The summed E-state index contributed by atoms with van der Waals surface area (Å²) in [5, 5.41) is 3.99. The summed E-state index contributed by atoms with van der Waals surface area (Å²) in [5.74, 6) is 0.197. The predicted molar refractivity (Wildman–Crippen MR) is 77.5 cm³/mol. The molecule has 0 aliphatic rings. The van der Waals surface area contributed by atoms with Gasteiger partial charge in [-0.3, -0.25) is 4.98 Å². The Labute approximate surface area is 122 Å². The van der Waals surface area contributed by atoms with Gasteiger partial charge in [0.2, 0.25) is 0 Å². The first-order valence-corrected chi connectivity index (χ1v) is 7.39. The van der Waals surface area contributed by atoms with Crippen molar-refractivity contribution in [1.82, 2.24) is 14.6 Å². The smallest absolute Gasteiger partial charge is 0.352 e. The number of ether oxygens (including phenoxy) is 1. The number of esters is 1. The minimum Gasteiger partial charge on any atom is -0.461 e. The SMILES string of the molecule is CC[C@@H](C)CCOC(=O)c1snnc1-c1cccnc1. The minimum absolute atomic E-state index is 0.359. The number of carbonyl (C=O) groups excluding carboxylic acids is 1. The summed E-state index contributed by atoms with van der Waals surface area (Å²) in [6, 6.07) is 3.65. The summed E-state index contributed by atoms with van der Waals surface area (Å²) < 4.78 is 9.13. The molecule has 0 aliphatic heterocycles. The van der Waals surface area contributed by atoms with E-state index in [1.807, 2.05) is 6.07 Å². The topological polar surface area (TPSA) is 65.0 Å². The van der Waals surface area contributed by atoms with Crippen LogP contribution in [0.15, 0.2) is 24.5 Å². The third-order valence-electron chi connectivity index (χ3n) is 3.15. The van der Waals surface area contributed by atoms with Crippen molar-refractivity contribution in [3.8, 4) is 11.3 Å². The van der Waals surface area contributed by atoms with Gasteiger partial charge < -0.3 is 4.74 Å². The van der Waals surface area contributed by atoms with Gasteiger partial charge in [-0.25, -0.2) is 4.79 Å². The Morgan fingerprint density at radius 3 is 3.05 bits per heavy atom. The second-order valence-electron chi connectivity index (χ2n) is 4.63. The van der Waals surface area contributed by atoms with Crippen LogP contribution in [0.25, 0.3) is 11.3 Å². The fourth-order valence-corrected chi connectivity index (χ4v) is 2.22. The number of hydrogen-bond donors (Lipinski definition) is 0. The average Bonchev–Trinajstić information content (AvgIpc) is 2.97. The van der Waals surface area contributed by atoms with E-state index in [-0.39, 0.29) is 5.97 Å². The van der Waals surface area contributed by atoms with Gasteiger partial charge in [0.25, 0.3) is 0 Å². The molecule has 0 aromatic carbocycles. The summed E-state index contributed by atoms with van der Waals surface area (Å²) in [5.41, 5.74) is 1.31. The molecule has 20 heavy (non-hydrogen) atoms. The Balaban J connectivity index is 2.03. The molecule has 0 saturated carbocycles. The van der Waals surface area contributed by atoms with Crippen LogP contribution in [0.2, 0.25) is 0 Å². The first-order valence-electron chi connectivity index (χ1n) is 6.62. The van der Waals surface area contributed by atoms with Gasteiger partial charge in [0.15, 0.2) is 4.88 Å². The lowest BCUT2D eigenvalue weighted by atomic mass is 10.1. The van der Waals surface area contributed by atoms with Crippen molar-refractivity contribution in [3.63, 3.8) is 0 Å². The highest BCUT2D eigenvalue weighted by atomic mass is 32.1. The van der Waals surface area contributed by atoms with Crippen LogP contribution in [0.5, 0.6) is 0 Å². The highest BCUT2D eigenvalue weighted by Gasteiger charge is 2.19. The van der Waals surface area contributed by atoms with E-state index in [0.29, 0.717) is 23.1 Å². The molecule has 5 nitrogen and oxygen atoms in total. The zero-order valence-corrected chi connectivity index (χ0v) is 12.4. The molecule has 2 aromatic rings. The molecule has 6 heteroatoms. The molecular weight excluding hydrogens is 274 g/mol. The number of rotatable bonds is 6. The number of hydrogen-bond acceptors (Lipinski definition) is 6. The van der Waals surface area contributed by atoms with Crippen molar-refractivity contribution in [2.45, 2.75) is 26.7 Å². The minimum atomic E-state index is -0.359. The van der Waals surface area contributed by atoms with E-state index in [0.717, 1.165) is 29.9 Å². The summed E-state index contributed by atoms with van der Waals surface area (Å²) in [6.45, 7) is 4.70. The molecular formula is C14H17N3O2S. The van der Waals surface area contributed by atoms with Crippen LogP contribution in [0.4, 0.5) is 0 Å². The number of nitrogens with zero attached hydrogens (tertiary/aromatic N) is 3. The molecule has 0 bridgehead atoms. The fourth-order valence-electron chi connectivity index (χ4n) is 1.64. The van der Waals surface area contributed by atoms with Crippen molar-refractivity contribution >= 4 is 17.5 Å². The van der Waals surface area contributed by atoms with Crippen LogP contribution in [0, 0.1) is 5.92 Å². The maximum absolute atomic E-state index is 12.1. The predicted octanol–water partition coefficient (Wildman–Crippen LogP) is 3.19. The molecule has 0 amide bonds. The molecule has 106 valence electrons. The van der Waals surface area contributed by atoms with E-state index in [9.17, 15) is 4.79 Å². The van der Waals surface area contributed by atoms with Gasteiger partial charge in [0, 0.05) is 18.0 Å². The lowest BCUT2D eigenvalue weighted by Crippen LogP contribution is -2.08. The van der Waals surface area contributed by atoms with E-state index in [4.69, 9.17) is 4.74 Å². The van der Waals surface area contributed by atoms with Crippen LogP contribution < -0.4 is 0 Å². The highest BCUT2D eigenvalue weighted by Crippen LogP contribution is 2.23. The molecule has 0 radical (unpaired) electrons. The van der Waals surface area contributed by atoms with Gasteiger partial charge in [0.05, 0.1) is 6.61 Å². The second kappa shape index (κ2) is 7.09. The number of aromatic nitrogens is 3. The van der Waals surface area contributed by atoms with Crippen LogP contribution in [-0.2, 0) is 4.74 Å². The van der Waals surface area contributed by atoms with E-state index >= 15 is 0 Å². The Hall–Kier alpha value is -1.82. The largest absolute Gasteiger partial charge is 0.461 e. The Morgan fingerprint density at radius 2 is 2.35 bits per heavy atom. The molecule has 0 N–H and O–H groups in total. The highest BCUT2D eigenvalue weighted by molar-refractivity contribution is 7.08. The fraction of sp³-hybridized carbons (Fsp3) is 0.429. The standard InChI is InChI=1S/C14H17N3O2S/c1-3-10(2)6-8-19-14(18)13-12(16-17-20-13)11-5-4-7-15-9-11/h4-5,7,9-10H,3,6,8H2,1-2H3/t10-/m1/s1. The molecule has 0 fully saturated rings. The van der Waals surface area contributed by atoms with Gasteiger partial charge in [0.1, 0.15) is 5.69 Å². The average molecular weight is 291 g/mol. The van der Waals surface area contributed by atoms with Crippen LogP contribution in [0.1, 0.15) is 36.4 Å². The van der Waals surface area contributed by atoms with Crippen LogP contribution in [-0.4, -0.2) is 27.1 Å². The van der Waals surface area contributed by atoms with Gasteiger partial charge in [-0.2, -0.15) is 0 Å². The molecule has 0 spiro atoms. The lowest BCUT2D eigenvalue weighted by Gasteiger charge is -2.08. The Kier molecular flexibility index (Phi) is 5.17. The lowest BCUT2D eigenvalue weighted by molar-refractivity contribution is 0.0491. The van der Waals surface area contributed by atoms with Crippen LogP contribution in [0.3, 0.4) is 0 Å². The van der Waals surface area contributed by atoms with Gasteiger partial charge >= 0.3 is 5.97 Å². The van der Waals surface area contributed by atoms with Crippen LogP contribution >= 0.6 is 11.5 Å². The van der Waals surface area contributed by atoms with Crippen molar-refractivity contribution in [2.75, 3.05) is 6.61 Å². The molecule has 2 aromatic heterocycles. The molecule has 0 aliphatic carbocycles. The van der Waals surface area contributed by atoms with Gasteiger partial charge in [-0.05, 0) is 36.0 Å². The van der Waals surface area contributed by atoms with E-state index in [2.05, 4.69) is 28.4 Å². The molecule has 1 atom stereocenters.